The summed E-state index contributed by atoms with van der Waals surface area (Å²) < 4.78 is 23.5. The van der Waals surface area contributed by atoms with Crippen molar-refractivity contribution in [3.63, 3.8) is 0 Å². The molecule has 150 valence electrons. The lowest BCUT2D eigenvalue weighted by Crippen LogP contribution is -2.72. The van der Waals surface area contributed by atoms with Crippen molar-refractivity contribution in [2.75, 3.05) is 0 Å². The average Bonchev–Trinajstić information content (AvgIpc) is 3.07. The minimum atomic E-state index is -2.73. The number of aryl methyl sites for hydroxylation is 1. The molecule has 1 aliphatic rings. The first-order valence-electron chi connectivity index (χ1n) is 8.84. The number of carbonyl (C=O) groups is 2. The number of para-hydroxylation sites is 1. The SMILES string of the molecule is Cn1ccc2c(Oc3ccccc3C3(C)CC(=O)NNC3(F)C(N)=O)ncnc21. The Kier molecular flexibility index (Phi) is 4.23. The van der Waals surface area contributed by atoms with E-state index in [4.69, 9.17) is 10.5 Å². The number of aromatic nitrogens is 3. The van der Waals surface area contributed by atoms with Gasteiger partial charge in [-0.3, -0.25) is 15.0 Å². The molecule has 4 N–H and O–H groups in total. The first-order chi connectivity index (χ1) is 13.8. The van der Waals surface area contributed by atoms with Crippen molar-refractivity contribution in [1.82, 2.24) is 25.4 Å². The molecule has 0 saturated carbocycles. The van der Waals surface area contributed by atoms with Crippen LogP contribution in [0, 0.1) is 0 Å². The highest BCUT2D eigenvalue weighted by molar-refractivity contribution is 5.90. The van der Waals surface area contributed by atoms with Crippen LogP contribution in [-0.4, -0.2) is 32.1 Å². The highest BCUT2D eigenvalue weighted by Gasteiger charge is 2.59. The van der Waals surface area contributed by atoms with E-state index >= 15 is 4.39 Å². The molecular weight excluding hydrogens is 379 g/mol. The number of halogens is 1. The summed E-state index contributed by atoms with van der Waals surface area (Å²) in [5.41, 5.74) is 8.96. The van der Waals surface area contributed by atoms with Crippen molar-refractivity contribution in [1.29, 1.82) is 0 Å². The van der Waals surface area contributed by atoms with Crippen LogP contribution in [0.15, 0.2) is 42.9 Å². The Labute approximate surface area is 165 Å². The predicted octanol–water partition coefficient (Wildman–Crippen LogP) is 1.19. The maximum absolute atomic E-state index is 15.7. The van der Waals surface area contributed by atoms with Gasteiger partial charge in [0.05, 0.1) is 10.8 Å². The van der Waals surface area contributed by atoms with Crippen LogP contribution in [-0.2, 0) is 22.1 Å². The van der Waals surface area contributed by atoms with Gasteiger partial charge in [0.2, 0.25) is 11.8 Å². The molecule has 1 fully saturated rings. The summed E-state index contributed by atoms with van der Waals surface area (Å²) in [7, 11) is 1.84. The fraction of sp³-hybridized carbons (Fsp3) is 0.263. The number of carbonyl (C=O) groups excluding carboxylic acids is 2. The molecule has 2 atom stereocenters. The van der Waals surface area contributed by atoms with Crippen LogP contribution < -0.4 is 21.3 Å². The molecule has 3 aromatic rings. The quantitative estimate of drug-likeness (QED) is 0.567. The molecule has 1 saturated heterocycles. The van der Waals surface area contributed by atoms with Crippen LogP contribution in [0.4, 0.5) is 4.39 Å². The second-order valence-corrected chi connectivity index (χ2v) is 7.15. The van der Waals surface area contributed by atoms with E-state index in [1.807, 2.05) is 17.8 Å². The zero-order chi connectivity index (χ0) is 20.8. The monoisotopic (exact) mass is 398 g/mol. The molecule has 10 heteroatoms. The maximum Gasteiger partial charge on any atom is 0.272 e. The zero-order valence-corrected chi connectivity index (χ0v) is 15.8. The lowest BCUT2D eigenvalue weighted by Gasteiger charge is -2.44. The zero-order valence-electron chi connectivity index (χ0n) is 15.8. The minimum absolute atomic E-state index is 0.249. The number of nitrogens with two attached hydrogens (primary N) is 1. The van der Waals surface area contributed by atoms with Gasteiger partial charge in [-0.1, -0.05) is 18.2 Å². The second-order valence-electron chi connectivity index (χ2n) is 7.15. The van der Waals surface area contributed by atoms with Crippen molar-refractivity contribution >= 4 is 22.8 Å². The van der Waals surface area contributed by atoms with Gasteiger partial charge in [0, 0.05) is 25.2 Å². The molecule has 1 aliphatic heterocycles. The minimum Gasteiger partial charge on any atom is -0.438 e. The van der Waals surface area contributed by atoms with Crippen LogP contribution in [0.5, 0.6) is 11.6 Å². The van der Waals surface area contributed by atoms with Gasteiger partial charge < -0.3 is 15.0 Å². The lowest BCUT2D eigenvalue weighted by atomic mass is 9.70. The lowest BCUT2D eigenvalue weighted by molar-refractivity contribution is -0.149. The number of nitrogens with zero attached hydrogens (tertiary/aromatic N) is 3. The number of alkyl halides is 1. The van der Waals surface area contributed by atoms with Gasteiger partial charge >= 0.3 is 0 Å². The number of hydrazine groups is 1. The third-order valence-electron chi connectivity index (χ3n) is 5.30. The van der Waals surface area contributed by atoms with Crippen molar-refractivity contribution in [2.45, 2.75) is 24.6 Å². The predicted molar refractivity (Wildman–Crippen MR) is 101 cm³/mol. The third kappa shape index (κ3) is 2.80. The number of rotatable bonds is 4. The molecule has 2 amide bonds. The number of benzene rings is 1. The topological polar surface area (TPSA) is 124 Å². The number of amides is 2. The van der Waals surface area contributed by atoms with E-state index in [2.05, 4.69) is 20.8 Å². The molecule has 3 heterocycles. The summed E-state index contributed by atoms with van der Waals surface area (Å²) in [5, 5.41) is 0.663. The fourth-order valence-corrected chi connectivity index (χ4v) is 3.65. The normalized spacial score (nSPS) is 24.3. The molecule has 4 rings (SSSR count). The molecule has 1 aromatic carbocycles. The number of fused-ring (bicyclic) bond motifs is 1. The van der Waals surface area contributed by atoms with E-state index in [9.17, 15) is 9.59 Å². The van der Waals surface area contributed by atoms with Crippen LogP contribution in [0.1, 0.15) is 18.9 Å². The third-order valence-corrected chi connectivity index (χ3v) is 5.30. The Hall–Kier alpha value is -3.53. The second kappa shape index (κ2) is 6.52. The average molecular weight is 398 g/mol. The van der Waals surface area contributed by atoms with E-state index in [-0.39, 0.29) is 18.1 Å². The summed E-state index contributed by atoms with van der Waals surface area (Å²) in [4.78, 5) is 32.4. The number of ether oxygens (including phenoxy) is 1. The van der Waals surface area contributed by atoms with E-state index < -0.39 is 23.0 Å². The Morgan fingerprint density at radius 3 is 2.83 bits per heavy atom. The Bertz CT molecular complexity index is 1130. The number of primary amides is 1. The van der Waals surface area contributed by atoms with Gasteiger partial charge in [0.25, 0.3) is 11.7 Å². The van der Waals surface area contributed by atoms with E-state index in [0.29, 0.717) is 16.6 Å². The summed E-state index contributed by atoms with van der Waals surface area (Å²) in [6.07, 6.45) is 2.86. The largest absolute Gasteiger partial charge is 0.438 e. The maximum atomic E-state index is 15.7. The first-order valence-corrected chi connectivity index (χ1v) is 8.84. The van der Waals surface area contributed by atoms with Gasteiger partial charge in [0.15, 0.2) is 0 Å². The Morgan fingerprint density at radius 1 is 1.31 bits per heavy atom. The fourth-order valence-electron chi connectivity index (χ4n) is 3.65. The molecule has 29 heavy (non-hydrogen) atoms. The van der Waals surface area contributed by atoms with Crippen molar-refractivity contribution < 1.29 is 18.7 Å². The van der Waals surface area contributed by atoms with Crippen molar-refractivity contribution in [3.8, 4) is 11.6 Å². The molecule has 0 bridgehead atoms. The number of nitrogens with one attached hydrogen (secondary N) is 2. The smallest absolute Gasteiger partial charge is 0.272 e. The van der Waals surface area contributed by atoms with Gasteiger partial charge in [-0.05, 0) is 19.1 Å². The van der Waals surface area contributed by atoms with E-state index in [1.54, 1.807) is 30.3 Å². The highest BCUT2D eigenvalue weighted by atomic mass is 19.1. The molecule has 2 unspecified atom stereocenters. The standard InChI is InChI=1S/C19H19FN6O3/c1-18(9-14(27)24-25-19(18,20)17(21)28)12-5-3-4-6-13(12)29-16-11-7-8-26(2)15(11)22-10-23-16/h3-8,10,25H,9H2,1-2H3,(H2,21,28)(H,24,27). The van der Waals surface area contributed by atoms with Gasteiger partial charge in [-0.2, -0.15) is 5.43 Å². The molecule has 0 aliphatic carbocycles. The Balaban J connectivity index is 1.84. The molecule has 0 radical (unpaired) electrons. The molecular formula is C19H19FN6O3. The molecule has 0 spiro atoms. The molecule has 9 nitrogen and oxygen atoms in total. The summed E-state index contributed by atoms with van der Waals surface area (Å²) >= 11 is 0. The first kappa shape index (κ1) is 18.8. The van der Waals surface area contributed by atoms with Gasteiger partial charge in [-0.25, -0.2) is 14.4 Å². The van der Waals surface area contributed by atoms with Crippen molar-refractivity contribution in [3.05, 3.63) is 48.4 Å². The van der Waals surface area contributed by atoms with Crippen LogP contribution in [0.2, 0.25) is 0 Å². The summed E-state index contributed by atoms with van der Waals surface area (Å²) in [5.74, 6) is -3.94. The van der Waals surface area contributed by atoms with Crippen LogP contribution in [0.25, 0.3) is 11.0 Å². The van der Waals surface area contributed by atoms with Gasteiger partial charge in [-0.15, -0.1) is 0 Å². The highest BCUT2D eigenvalue weighted by Crippen LogP contribution is 2.46. The summed E-state index contributed by atoms with van der Waals surface area (Å²) in [6, 6.07) is 8.38. The molecule has 2 aromatic heterocycles. The Morgan fingerprint density at radius 2 is 2.07 bits per heavy atom. The number of hydrogen-bond donors (Lipinski definition) is 3. The van der Waals surface area contributed by atoms with Gasteiger partial charge in [0.1, 0.15) is 17.7 Å². The van der Waals surface area contributed by atoms with Crippen molar-refractivity contribution in [2.24, 2.45) is 12.8 Å². The number of hydrogen-bond acceptors (Lipinski definition) is 6. The van der Waals surface area contributed by atoms with E-state index in [0.717, 1.165) is 0 Å². The van der Waals surface area contributed by atoms with Crippen LogP contribution >= 0.6 is 0 Å². The summed E-state index contributed by atoms with van der Waals surface area (Å²) in [6.45, 7) is 1.45. The van der Waals surface area contributed by atoms with E-state index in [1.165, 1.54) is 13.3 Å². The van der Waals surface area contributed by atoms with Crippen LogP contribution in [0.3, 0.4) is 0 Å².